The quantitative estimate of drug-likeness (QED) is 0.677. The molecule has 0 fully saturated rings. The van der Waals surface area contributed by atoms with Crippen LogP contribution in [-0.2, 0) is 6.54 Å². The maximum absolute atomic E-state index is 6.24. The van der Waals surface area contributed by atoms with Gasteiger partial charge >= 0.3 is 0 Å². The highest BCUT2D eigenvalue weighted by molar-refractivity contribution is 7.09. The number of aromatic nitrogens is 4. The number of hydrogen-bond acceptors (Lipinski definition) is 4. The number of rotatable bonds is 3. The van der Waals surface area contributed by atoms with Crippen LogP contribution in [0.5, 0.6) is 0 Å². The first-order valence-electron chi connectivity index (χ1n) is 6.11. The SMILES string of the molecule is Cc1ncsc1Cn1c(C(C)Cl)nc2cc(Cl)cnc21. The molecule has 0 amide bonds. The number of pyridine rings is 1. The van der Waals surface area contributed by atoms with Crippen molar-refractivity contribution < 1.29 is 0 Å². The van der Waals surface area contributed by atoms with Crippen molar-refractivity contribution in [1.29, 1.82) is 0 Å². The van der Waals surface area contributed by atoms with Crippen LogP contribution in [0.4, 0.5) is 0 Å². The third-order valence-corrected chi connectivity index (χ3v) is 4.41. The van der Waals surface area contributed by atoms with Crippen LogP contribution in [0.15, 0.2) is 17.8 Å². The molecule has 0 spiro atoms. The van der Waals surface area contributed by atoms with E-state index in [0.717, 1.165) is 22.7 Å². The Labute approximate surface area is 130 Å². The van der Waals surface area contributed by atoms with E-state index >= 15 is 0 Å². The molecule has 0 bridgehead atoms. The molecule has 0 saturated carbocycles. The minimum Gasteiger partial charge on any atom is -0.306 e. The summed E-state index contributed by atoms with van der Waals surface area (Å²) in [5, 5.41) is 0.376. The van der Waals surface area contributed by atoms with Crippen LogP contribution in [0.3, 0.4) is 0 Å². The van der Waals surface area contributed by atoms with E-state index in [0.29, 0.717) is 11.6 Å². The molecule has 0 aromatic carbocycles. The molecule has 104 valence electrons. The molecule has 20 heavy (non-hydrogen) atoms. The predicted molar refractivity (Wildman–Crippen MR) is 82.8 cm³/mol. The van der Waals surface area contributed by atoms with Crippen molar-refractivity contribution in [1.82, 2.24) is 19.5 Å². The summed E-state index contributed by atoms with van der Waals surface area (Å²) in [5.41, 5.74) is 4.43. The number of imidazole rings is 1. The van der Waals surface area contributed by atoms with Gasteiger partial charge in [0.1, 0.15) is 11.3 Å². The highest BCUT2D eigenvalue weighted by Crippen LogP contribution is 2.27. The van der Waals surface area contributed by atoms with E-state index in [-0.39, 0.29) is 5.38 Å². The summed E-state index contributed by atoms with van der Waals surface area (Å²) >= 11 is 13.8. The van der Waals surface area contributed by atoms with Gasteiger partial charge in [0.05, 0.1) is 28.1 Å². The summed E-state index contributed by atoms with van der Waals surface area (Å²) in [5.74, 6) is 0.796. The molecule has 1 unspecified atom stereocenters. The maximum atomic E-state index is 6.24. The Balaban J connectivity index is 2.16. The van der Waals surface area contributed by atoms with Gasteiger partial charge in [-0.2, -0.15) is 0 Å². The average molecular weight is 327 g/mol. The molecule has 0 saturated heterocycles. The fourth-order valence-corrected chi connectivity index (χ4v) is 3.17. The number of nitrogens with zero attached hydrogens (tertiary/aromatic N) is 4. The standard InChI is InChI=1S/C13H12Cl2N4S/c1-7(14)12-18-10-3-9(15)4-16-13(10)19(12)5-11-8(2)17-6-20-11/h3-4,6-7H,5H2,1-2H3. The zero-order valence-corrected chi connectivity index (χ0v) is 13.3. The molecule has 0 aliphatic carbocycles. The lowest BCUT2D eigenvalue weighted by molar-refractivity contribution is 0.740. The van der Waals surface area contributed by atoms with Crippen LogP contribution >= 0.6 is 34.5 Å². The molecule has 3 aromatic heterocycles. The topological polar surface area (TPSA) is 43.6 Å². The van der Waals surface area contributed by atoms with Gasteiger partial charge in [0.15, 0.2) is 5.65 Å². The first-order valence-corrected chi connectivity index (χ1v) is 7.80. The predicted octanol–water partition coefficient (Wildman–Crippen LogP) is 4.20. The third kappa shape index (κ3) is 2.41. The molecule has 0 N–H and O–H groups in total. The summed E-state index contributed by atoms with van der Waals surface area (Å²) in [6, 6.07) is 1.81. The van der Waals surface area contributed by atoms with E-state index in [4.69, 9.17) is 23.2 Å². The van der Waals surface area contributed by atoms with E-state index in [9.17, 15) is 0 Å². The van der Waals surface area contributed by atoms with Gasteiger partial charge in [-0.15, -0.1) is 22.9 Å². The summed E-state index contributed by atoms with van der Waals surface area (Å²) in [6.45, 7) is 4.58. The Morgan fingerprint density at radius 2 is 2.20 bits per heavy atom. The van der Waals surface area contributed by atoms with Gasteiger partial charge in [-0.25, -0.2) is 15.0 Å². The zero-order valence-electron chi connectivity index (χ0n) is 11.0. The van der Waals surface area contributed by atoms with E-state index in [1.54, 1.807) is 17.5 Å². The molecule has 0 aliphatic heterocycles. The molecule has 3 rings (SSSR count). The number of thiazole rings is 1. The van der Waals surface area contributed by atoms with Crippen molar-refractivity contribution in [3.05, 3.63) is 39.2 Å². The smallest absolute Gasteiger partial charge is 0.160 e. The van der Waals surface area contributed by atoms with Gasteiger partial charge in [0.2, 0.25) is 0 Å². The zero-order chi connectivity index (χ0) is 14.3. The molecular formula is C13H12Cl2N4S. The molecule has 3 aromatic rings. The van der Waals surface area contributed by atoms with E-state index in [1.165, 1.54) is 4.88 Å². The van der Waals surface area contributed by atoms with Crippen molar-refractivity contribution in [2.24, 2.45) is 0 Å². The lowest BCUT2D eigenvalue weighted by Crippen LogP contribution is -2.06. The lowest BCUT2D eigenvalue weighted by atomic mass is 10.3. The maximum Gasteiger partial charge on any atom is 0.160 e. The molecule has 4 nitrogen and oxygen atoms in total. The van der Waals surface area contributed by atoms with Crippen LogP contribution in [0.25, 0.3) is 11.2 Å². The van der Waals surface area contributed by atoms with Gasteiger partial charge in [0.25, 0.3) is 0 Å². The fourth-order valence-electron chi connectivity index (χ4n) is 2.09. The summed E-state index contributed by atoms with van der Waals surface area (Å²) in [4.78, 5) is 14.4. The molecule has 0 radical (unpaired) electrons. The minimum absolute atomic E-state index is 0.198. The first-order chi connectivity index (χ1) is 9.56. The highest BCUT2D eigenvalue weighted by atomic mass is 35.5. The van der Waals surface area contributed by atoms with Crippen molar-refractivity contribution >= 4 is 45.7 Å². The molecular weight excluding hydrogens is 315 g/mol. The van der Waals surface area contributed by atoms with Crippen molar-refractivity contribution in [2.75, 3.05) is 0 Å². The molecule has 7 heteroatoms. The van der Waals surface area contributed by atoms with Gasteiger partial charge in [-0.3, -0.25) is 0 Å². The minimum atomic E-state index is -0.198. The summed E-state index contributed by atoms with van der Waals surface area (Å²) in [6.07, 6.45) is 1.63. The number of fused-ring (bicyclic) bond motifs is 1. The van der Waals surface area contributed by atoms with E-state index < -0.39 is 0 Å². The van der Waals surface area contributed by atoms with Crippen molar-refractivity contribution in [3.8, 4) is 0 Å². The van der Waals surface area contributed by atoms with Crippen LogP contribution < -0.4 is 0 Å². The number of alkyl halides is 1. The molecule has 1 atom stereocenters. The number of halogens is 2. The normalized spacial score (nSPS) is 13.0. The van der Waals surface area contributed by atoms with Gasteiger partial charge in [-0.05, 0) is 19.9 Å². The monoisotopic (exact) mass is 326 g/mol. The van der Waals surface area contributed by atoms with Gasteiger partial charge in [0, 0.05) is 11.1 Å². The van der Waals surface area contributed by atoms with Crippen LogP contribution in [0, 0.1) is 6.92 Å². The van der Waals surface area contributed by atoms with Crippen molar-refractivity contribution in [3.63, 3.8) is 0 Å². The fraction of sp³-hybridized carbons (Fsp3) is 0.308. The highest BCUT2D eigenvalue weighted by Gasteiger charge is 2.17. The Morgan fingerprint density at radius 3 is 2.85 bits per heavy atom. The van der Waals surface area contributed by atoms with Crippen LogP contribution in [-0.4, -0.2) is 19.5 Å². The molecule has 0 aliphatic rings. The Morgan fingerprint density at radius 1 is 1.40 bits per heavy atom. The number of aryl methyl sites for hydroxylation is 1. The number of hydrogen-bond donors (Lipinski definition) is 0. The second-order valence-electron chi connectivity index (χ2n) is 4.53. The van der Waals surface area contributed by atoms with Gasteiger partial charge in [-0.1, -0.05) is 11.6 Å². The lowest BCUT2D eigenvalue weighted by Gasteiger charge is -2.09. The Hall–Kier alpha value is -1.17. The summed E-state index contributed by atoms with van der Waals surface area (Å²) < 4.78 is 2.03. The molecule has 3 heterocycles. The average Bonchev–Trinajstić information content (AvgIpc) is 2.95. The van der Waals surface area contributed by atoms with Crippen LogP contribution in [0.1, 0.15) is 28.7 Å². The second kappa shape index (κ2) is 5.31. The third-order valence-electron chi connectivity index (χ3n) is 3.08. The first kappa shape index (κ1) is 13.8. The largest absolute Gasteiger partial charge is 0.306 e. The Kier molecular flexibility index (Phi) is 3.67. The van der Waals surface area contributed by atoms with Gasteiger partial charge < -0.3 is 4.57 Å². The van der Waals surface area contributed by atoms with Crippen LogP contribution in [0.2, 0.25) is 5.02 Å². The summed E-state index contributed by atoms with van der Waals surface area (Å²) in [7, 11) is 0. The second-order valence-corrected chi connectivity index (χ2v) is 6.56. The Bertz CT molecular complexity index is 763. The van der Waals surface area contributed by atoms with E-state index in [1.807, 2.05) is 30.0 Å². The van der Waals surface area contributed by atoms with Crippen molar-refractivity contribution in [2.45, 2.75) is 25.8 Å². The van der Waals surface area contributed by atoms with E-state index in [2.05, 4.69) is 15.0 Å².